The SMILES string of the molecule is CC(Nc1c(F)cc(F)cc1Cl)c1cc(Br)cs1. The van der Waals surface area contributed by atoms with E-state index in [0.29, 0.717) is 0 Å². The van der Waals surface area contributed by atoms with Gasteiger partial charge in [0, 0.05) is 20.8 Å². The van der Waals surface area contributed by atoms with Gasteiger partial charge in [0.1, 0.15) is 5.82 Å². The standard InChI is InChI=1S/C12H9BrClF2NS/c1-6(11-2-7(13)5-18-11)17-12-9(14)3-8(15)4-10(12)16/h2-6,17H,1H3. The first kappa shape index (κ1) is 13.8. The number of rotatable bonds is 3. The van der Waals surface area contributed by atoms with E-state index in [4.69, 9.17) is 11.6 Å². The van der Waals surface area contributed by atoms with Gasteiger partial charge in [-0.1, -0.05) is 11.6 Å². The Labute approximate surface area is 121 Å². The predicted molar refractivity (Wildman–Crippen MR) is 75.4 cm³/mol. The summed E-state index contributed by atoms with van der Waals surface area (Å²) in [6.07, 6.45) is 0. The van der Waals surface area contributed by atoms with E-state index in [2.05, 4.69) is 21.2 Å². The Morgan fingerprint density at radius 1 is 1.33 bits per heavy atom. The van der Waals surface area contributed by atoms with Crippen LogP contribution in [-0.2, 0) is 0 Å². The lowest BCUT2D eigenvalue weighted by Gasteiger charge is -2.15. The number of halogens is 4. The third-order valence-electron chi connectivity index (χ3n) is 2.38. The molecule has 0 amide bonds. The van der Waals surface area contributed by atoms with Crippen LogP contribution < -0.4 is 5.32 Å². The summed E-state index contributed by atoms with van der Waals surface area (Å²) in [6.45, 7) is 1.89. The molecule has 0 aliphatic rings. The van der Waals surface area contributed by atoms with Crippen LogP contribution in [0.4, 0.5) is 14.5 Å². The summed E-state index contributed by atoms with van der Waals surface area (Å²) in [5, 5.41) is 4.93. The molecule has 0 radical (unpaired) electrons. The van der Waals surface area contributed by atoms with Crippen molar-refractivity contribution in [3.05, 3.63) is 49.6 Å². The van der Waals surface area contributed by atoms with Gasteiger partial charge in [-0.3, -0.25) is 0 Å². The number of nitrogens with one attached hydrogen (secondary N) is 1. The fraction of sp³-hybridized carbons (Fsp3) is 0.167. The van der Waals surface area contributed by atoms with E-state index in [0.717, 1.165) is 21.5 Å². The molecule has 0 aliphatic heterocycles. The molecule has 1 unspecified atom stereocenters. The monoisotopic (exact) mass is 351 g/mol. The molecule has 6 heteroatoms. The quantitative estimate of drug-likeness (QED) is 0.756. The molecule has 0 aliphatic carbocycles. The third kappa shape index (κ3) is 3.02. The fourth-order valence-corrected chi connectivity index (χ4v) is 3.23. The van der Waals surface area contributed by atoms with Crippen LogP contribution in [0.25, 0.3) is 0 Å². The maximum absolute atomic E-state index is 13.6. The maximum Gasteiger partial charge on any atom is 0.150 e. The van der Waals surface area contributed by atoms with Gasteiger partial charge >= 0.3 is 0 Å². The number of hydrogen-bond acceptors (Lipinski definition) is 2. The third-order valence-corrected chi connectivity index (χ3v) is 4.56. The first-order chi connectivity index (χ1) is 8.47. The van der Waals surface area contributed by atoms with Crippen molar-refractivity contribution in [2.45, 2.75) is 13.0 Å². The molecular formula is C12H9BrClF2NS. The van der Waals surface area contributed by atoms with Gasteiger partial charge in [-0.15, -0.1) is 11.3 Å². The smallest absolute Gasteiger partial charge is 0.150 e. The topological polar surface area (TPSA) is 12.0 Å². The first-order valence-corrected chi connectivity index (χ1v) is 7.17. The highest BCUT2D eigenvalue weighted by Crippen LogP contribution is 2.32. The molecule has 0 fully saturated rings. The molecule has 0 spiro atoms. The van der Waals surface area contributed by atoms with Crippen molar-refractivity contribution in [3.8, 4) is 0 Å². The second kappa shape index (κ2) is 5.55. The molecule has 2 rings (SSSR count). The highest BCUT2D eigenvalue weighted by Gasteiger charge is 2.14. The lowest BCUT2D eigenvalue weighted by Crippen LogP contribution is -2.07. The number of benzene rings is 1. The van der Waals surface area contributed by atoms with Crippen molar-refractivity contribution in [2.75, 3.05) is 5.32 Å². The van der Waals surface area contributed by atoms with Crippen LogP contribution in [0.2, 0.25) is 5.02 Å². The van der Waals surface area contributed by atoms with Crippen LogP contribution in [0, 0.1) is 11.6 Å². The largest absolute Gasteiger partial charge is 0.374 e. The van der Waals surface area contributed by atoms with E-state index in [1.807, 2.05) is 18.4 Å². The summed E-state index contributed by atoms with van der Waals surface area (Å²) in [5.74, 6) is -1.38. The number of hydrogen-bond donors (Lipinski definition) is 1. The van der Waals surface area contributed by atoms with Crippen LogP contribution in [0.3, 0.4) is 0 Å². The zero-order chi connectivity index (χ0) is 13.3. The summed E-state index contributed by atoms with van der Waals surface area (Å²) < 4.78 is 27.5. The van der Waals surface area contributed by atoms with Crippen molar-refractivity contribution in [1.29, 1.82) is 0 Å². The Hall–Kier alpha value is -0.650. The van der Waals surface area contributed by atoms with Crippen molar-refractivity contribution < 1.29 is 8.78 Å². The average Bonchev–Trinajstić information content (AvgIpc) is 2.70. The molecule has 2 aromatic rings. The molecule has 0 saturated carbocycles. The Morgan fingerprint density at radius 2 is 2.06 bits per heavy atom. The second-order valence-corrected chi connectivity index (χ2v) is 6.04. The van der Waals surface area contributed by atoms with Gasteiger partial charge in [0.15, 0.2) is 5.82 Å². The Kier molecular flexibility index (Phi) is 4.25. The molecule has 1 aromatic heterocycles. The van der Waals surface area contributed by atoms with Crippen molar-refractivity contribution in [3.63, 3.8) is 0 Å². The van der Waals surface area contributed by atoms with Crippen molar-refractivity contribution in [2.24, 2.45) is 0 Å². The highest BCUT2D eigenvalue weighted by atomic mass is 79.9. The molecule has 18 heavy (non-hydrogen) atoms. The Morgan fingerprint density at radius 3 is 2.61 bits per heavy atom. The fourth-order valence-electron chi connectivity index (χ4n) is 1.52. The predicted octanol–water partition coefficient (Wildman–Crippen LogP) is 5.62. The van der Waals surface area contributed by atoms with E-state index >= 15 is 0 Å². The van der Waals surface area contributed by atoms with Crippen LogP contribution in [0.15, 0.2) is 28.1 Å². The van der Waals surface area contributed by atoms with Crippen molar-refractivity contribution >= 4 is 44.6 Å². The summed E-state index contributed by atoms with van der Waals surface area (Å²) in [6, 6.07) is 3.73. The lowest BCUT2D eigenvalue weighted by atomic mass is 10.2. The van der Waals surface area contributed by atoms with E-state index in [9.17, 15) is 8.78 Å². The molecule has 1 nitrogen and oxygen atoms in total. The average molecular weight is 353 g/mol. The van der Waals surface area contributed by atoms with Crippen LogP contribution in [0.1, 0.15) is 17.8 Å². The van der Waals surface area contributed by atoms with Crippen LogP contribution in [0.5, 0.6) is 0 Å². The summed E-state index contributed by atoms with van der Waals surface area (Å²) in [4.78, 5) is 1.03. The first-order valence-electron chi connectivity index (χ1n) is 5.12. The minimum atomic E-state index is -0.692. The van der Waals surface area contributed by atoms with Gasteiger partial charge in [0.2, 0.25) is 0 Å². The molecule has 96 valence electrons. The second-order valence-electron chi connectivity index (χ2n) is 3.78. The molecule has 0 saturated heterocycles. The minimum absolute atomic E-state index is 0.0370. The van der Waals surface area contributed by atoms with E-state index in [-0.39, 0.29) is 16.8 Å². The molecule has 1 atom stereocenters. The van der Waals surface area contributed by atoms with Gasteiger partial charge in [0.05, 0.1) is 16.8 Å². The molecule has 1 heterocycles. The number of anilines is 1. The van der Waals surface area contributed by atoms with Gasteiger partial charge in [0.25, 0.3) is 0 Å². The summed E-state index contributed by atoms with van der Waals surface area (Å²) in [7, 11) is 0. The van der Waals surface area contributed by atoms with E-state index in [1.165, 1.54) is 0 Å². The Bertz CT molecular complexity index is 550. The zero-order valence-corrected chi connectivity index (χ0v) is 12.5. The maximum atomic E-state index is 13.6. The van der Waals surface area contributed by atoms with Gasteiger partial charge in [-0.05, 0) is 35.0 Å². The molecule has 1 N–H and O–H groups in total. The molecular weight excluding hydrogens is 344 g/mol. The lowest BCUT2D eigenvalue weighted by molar-refractivity contribution is 0.584. The summed E-state index contributed by atoms with van der Waals surface area (Å²) in [5.41, 5.74) is 0.120. The molecule has 0 bridgehead atoms. The van der Waals surface area contributed by atoms with Gasteiger partial charge < -0.3 is 5.32 Å². The normalized spacial score (nSPS) is 12.5. The summed E-state index contributed by atoms with van der Waals surface area (Å²) >= 11 is 10.7. The van der Waals surface area contributed by atoms with Crippen molar-refractivity contribution in [1.82, 2.24) is 0 Å². The van der Waals surface area contributed by atoms with Crippen LogP contribution in [-0.4, -0.2) is 0 Å². The number of thiophene rings is 1. The van der Waals surface area contributed by atoms with Gasteiger partial charge in [-0.2, -0.15) is 0 Å². The van der Waals surface area contributed by atoms with E-state index < -0.39 is 11.6 Å². The van der Waals surface area contributed by atoms with Crippen LogP contribution >= 0.6 is 38.9 Å². The minimum Gasteiger partial charge on any atom is -0.374 e. The zero-order valence-electron chi connectivity index (χ0n) is 9.31. The molecule has 1 aromatic carbocycles. The van der Waals surface area contributed by atoms with E-state index in [1.54, 1.807) is 11.3 Å². The Balaban J connectivity index is 2.24. The highest BCUT2D eigenvalue weighted by molar-refractivity contribution is 9.10. The van der Waals surface area contributed by atoms with Gasteiger partial charge in [-0.25, -0.2) is 8.78 Å².